The van der Waals surface area contributed by atoms with E-state index in [-0.39, 0.29) is 5.91 Å². The normalized spacial score (nSPS) is 12.0. The quantitative estimate of drug-likeness (QED) is 0.808. The smallest absolute Gasteiger partial charge is 0.236 e. The van der Waals surface area contributed by atoms with E-state index in [0.29, 0.717) is 13.2 Å². The Hall–Kier alpha value is -1.55. The topological polar surface area (TPSA) is 64.3 Å². The predicted octanol–water partition coefficient (Wildman–Crippen LogP) is 1.75. The van der Waals surface area contributed by atoms with Crippen molar-refractivity contribution in [3.63, 3.8) is 0 Å². The summed E-state index contributed by atoms with van der Waals surface area (Å²) in [4.78, 5) is 11.4. The third kappa shape index (κ3) is 4.37. The number of carbonyl (C=O) groups is 1. The van der Waals surface area contributed by atoms with Gasteiger partial charge in [0.25, 0.3) is 0 Å². The third-order valence-electron chi connectivity index (χ3n) is 2.55. The second kappa shape index (κ2) is 7.01. The molecule has 0 saturated heterocycles. The summed E-state index contributed by atoms with van der Waals surface area (Å²) in [7, 11) is 0. The van der Waals surface area contributed by atoms with E-state index in [0.717, 1.165) is 23.3 Å². The fraction of sp³-hybridized carbons (Fsp3) is 0.500. The van der Waals surface area contributed by atoms with Crippen molar-refractivity contribution in [3.05, 3.63) is 29.3 Å². The van der Waals surface area contributed by atoms with Crippen LogP contribution in [0.2, 0.25) is 0 Å². The van der Waals surface area contributed by atoms with Gasteiger partial charge in [0.15, 0.2) is 0 Å². The number of carbonyl (C=O) groups excluding carboxylic acids is 1. The molecule has 1 aromatic carbocycles. The van der Waals surface area contributed by atoms with E-state index in [1.807, 2.05) is 25.1 Å². The lowest BCUT2D eigenvalue weighted by molar-refractivity contribution is -0.122. The predicted molar refractivity (Wildman–Crippen MR) is 72.5 cm³/mol. The standard InChI is InChI=1S/C14H22N2O2/c1-4-7-18-13-8-10(2)5-6-12(13)9-16-14(17)11(3)15/h5-6,8,11H,4,7,9,15H2,1-3H3,(H,16,17)/t11-/m1/s1. The summed E-state index contributed by atoms with van der Waals surface area (Å²) in [6.45, 7) is 6.87. The Morgan fingerprint density at radius 3 is 2.83 bits per heavy atom. The zero-order valence-electron chi connectivity index (χ0n) is 11.3. The van der Waals surface area contributed by atoms with Crippen molar-refractivity contribution in [1.29, 1.82) is 0 Å². The average molecular weight is 250 g/mol. The lowest BCUT2D eigenvalue weighted by Gasteiger charge is -2.13. The molecule has 0 unspecified atom stereocenters. The van der Waals surface area contributed by atoms with Gasteiger partial charge in [-0.15, -0.1) is 0 Å². The zero-order valence-corrected chi connectivity index (χ0v) is 11.3. The number of hydrogen-bond donors (Lipinski definition) is 2. The molecule has 0 spiro atoms. The van der Waals surface area contributed by atoms with E-state index in [1.165, 1.54) is 0 Å². The largest absolute Gasteiger partial charge is 0.493 e. The number of nitrogens with one attached hydrogen (secondary N) is 1. The molecule has 0 fully saturated rings. The van der Waals surface area contributed by atoms with Crippen LogP contribution in [0.3, 0.4) is 0 Å². The van der Waals surface area contributed by atoms with Crippen molar-refractivity contribution in [2.45, 2.75) is 39.8 Å². The Kier molecular flexibility index (Phi) is 5.65. The van der Waals surface area contributed by atoms with E-state index in [2.05, 4.69) is 12.2 Å². The highest BCUT2D eigenvalue weighted by atomic mass is 16.5. The number of hydrogen-bond acceptors (Lipinski definition) is 3. The highest BCUT2D eigenvalue weighted by Crippen LogP contribution is 2.20. The van der Waals surface area contributed by atoms with E-state index in [9.17, 15) is 4.79 Å². The van der Waals surface area contributed by atoms with Crippen LogP contribution in [0.4, 0.5) is 0 Å². The van der Waals surface area contributed by atoms with Crippen LogP contribution in [-0.2, 0) is 11.3 Å². The lowest BCUT2D eigenvalue weighted by atomic mass is 10.1. The molecule has 0 aliphatic carbocycles. The summed E-state index contributed by atoms with van der Waals surface area (Å²) < 4.78 is 5.68. The zero-order chi connectivity index (χ0) is 13.5. The van der Waals surface area contributed by atoms with E-state index < -0.39 is 6.04 Å². The van der Waals surface area contributed by atoms with Crippen LogP contribution in [-0.4, -0.2) is 18.6 Å². The highest BCUT2D eigenvalue weighted by molar-refractivity contribution is 5.80. The Morgan fingerprint density at radius 2 is 2.22 bits per heavy atom. The van der Waals surface area contributed by atoms with E-state index in [4.69, 9.17) is 10.5 Å². The number of nitrogens with two attached hydrogens (primary N) is 1. The van der Waals surface area contributed by atoms with Crippen LogP contribution < -0.4 is 15.8 Å². The van der Waals surface area contributed by atoms with Gasteiger partial charge >= 0.3 is 0 Å². The molecule has 4 nitrogen and oxygen atoms in total. The molecule has 18 heavy (non-hydrogen) atoms. The van der Waals surface area contributed by atoms with Crippen molar-refractivity contribution in [2.24, 2.45) is 5.73 Å². The van der Waals surface area contributed by atoms with E-state index in [1.54, 1.807) is 6.92 Å². The molecule has 1 atom stereocenters. The van der Waals surface area contributed by atoms with E-state index >= 15 is 0 Å². The van der Waals surface area contributed by atoms with Gasteiger partial charge in [0.05, 0.1) is 12.6 Å². The van der Waals surface area contributed by atoms with Gasteiger partial charge < -0.3 is 15.8 Å². The molecule has 1 amide bonds. The molecule has 0 bridgehead atoms. The van der Waals surface area contributed by atoms with Crippen molar-refractivity contribution in [2.75, 3.05) is 6.61 Å². The molecule has 4 heteroatoms. The number of rotatable bonds is 6. The van der Waals surface area contributed by atoms with Crippen molar-refractivity contribution in [1.82, 2.24) is 5.32 Å². The molecule has 0 aliphatic heterocycles. The number of ether oxygens (including phenoxy) is 1. The molecular formula is C14H22N2O2. The van der Waals surface area contributed by atoms with Crippen molar-refractivity contribution in [3.8, 4) is 5.75 Å². The number of benzene rings is 1. The second-order valence-corrected chi connectivity index (χ2v) is 4.47. The summed E-state index contributed by atoms with van der Waals surface area (Å²) in [6.07, 6.45) is 0.958. The molecule has 0 aromatic heterocycles. The molecule has 1 aromatic rings. The number of aryl methyl sites for hydroxylation is 1. The molecule has 100 valence electrons. The molecular weight excluding hydrogens is 228 g/mol. The lowest BCUT2D eigenvalue weighted by Crippen LogP contribution is -2.37. The molecule has 1 rings (SSSR count). The monoisotopic (exact) mass is 250 g/mol. The fourth-order valence-electron chi connectivity index (χ4n) is 1.50. The summed E-state index contributed by atoms with van der Waals surface area (Å²) in [6, 6.07) is 5.48. The van der Waals surface area contributed by atoms with Crippen LogP contribution in [0, 0.1) is 6.92 Å². The van der Waals surface area contributed by atoms with Gasteiger partial charge in [0.2, 0.25) is 5.91 Å². The first-order chi connectivity index (χ1) is 8.54. The van der Waals surface area contributed by atoms with Gasteiger partial charge in [0, 0.05) is 12.1 Å². The van der Waals surface area contributed by atoms with Gasteiger partial charge in [-0.05, 0) is 31.9 Å². The average Bonchev–Trinajstić information content (AvgIpc) is 2.34. The fourth-order valence-corrected chi connectivity index (χ4v) is 1.50. The minimum absolute atomic E-state index is 0.156. The highest BCUT2D eigenvalue weighted by Gasteiger charge is 2.09. The van der Waals surface area contributed by atoms with Crippen LogP contribution in [0.15, 0.2) is 18.2 Å². The maximum absolute atomic E-state index is 11.4. The third-order valence-corrected chi connectivity index (χ3v) is 2.55. The first kappa shape index (κ1) is 14.5. The SMILES string of the molecule is CCCOc1cc(C)ccc1CNC(=O)[C@@H](C)N. The maximum atomic E-state index is 11.4. The Bertz CT molecular complexity index is 403. The summed E-state index contributed by atoms with van der Waals surface area (Å²) >= 11 is 0. The van der Waals surface area contributed by atoms with Crippen LogP contribution in [0.25, 0.3) is 0 Å². The van der Waals surface area contributed by atoms with Crippen molar-refractivity contribution < 1.29 is 9.53 Å². The summed E-state index contributed by atoms with van der Waals surface area (Å²) in [5.41, 5.74) is 7.62. The van der Waals surface area contributed by atoms with Crippen LogP contribution in [0.1, 0.15) is 31.4 Å². The van der Waals surface area contributed by atoms with Gasteiger partial charge in [-0.25, -0.2) is 0 Å². The molecule has 3 N–H and O–H groups in total. The molecule has 0 aliphatic rings. The first-order valence-corrected chi connectivity index (χ1v) is 6.30. The second-order valence-electron chi connectivity index (χ2n) is 4.47. The van der Waals surface area contributed by atoms with Gasteiger partial charge in [-0.1, -0.05) is 19.1 Å². The maximum Gasteiger partial charge on any atom is 0.236 e. The number of amides is 1. The van der Waals surface area contributed by atoms with Gasteiger partial charge in [0.1, 0.15) is 5.75 Å². The minimum Gasteiger partial charge on any atom is -0.493 e. The van der Waals surface area contributed by atoms with Crippen LogP contribution >= 0.6 is 0 Å². The summed E-state index contributed by atoms with van der Waals surface area (Å²) in [5, 5.41) is 2.79. The minimum atomic E-state index is -0.490. The van der Waals surface area contributed by atoms with Gasteiger partial charge in [-0.3, -0.25) is 4.79 Å². The molecule has 0 saturated carbocycles. The Balaban J connectivity index is 2.71. The Labute approximate surface area is 109 Å². The van der Waals surface area contributed by atoms with Crippen LogP contribution in [0.5, 0.6) is 5.75 Å². The summed E-state index contributed by atoms with van der Waals surface area (Å²) in [5.74, 6) is 0.679. The molecule has 0 heterocycles. The van der Waals surface area contributed by atoms with Gasteiger partial charge in [-0.2, -0.15) is 0 Å². The first-order valence-electron chi connectivity index (χ1n) is 6.30. The Morgan fingerprint density at radius 1 is 1.50 bits per heavy atom. The molecule has 0 radical (unpaired) electrons. The van der Waals surface area contributed by atoms with Crippen molar-refractivity contribution >= 4 is 5.91 Å².